The fourth-order valence-corrected chi connectivity index (χ4v) is 3.35. The highest BCUT2D eigenvalue weighted by Crippen LogP contribution is 2.39. The maximum absolute atomic E-state index is 14.4. The van der Waals surface area contributed by atoms with Gasteiger partial charge in [0.05, 0.1) is 22.5 Å². The second kappa shape index (κ2) is 6.16. The van der Waals surface area contributed by atoms with E-state index >= 15 is 0 Å². The van der Waals surface area contributed by atoms with Crippen LogP contribution in [-0.4, -0.2) is 21.7 Å². The number of carbonyl (C=O) groups excluding carboxylic acids is 1. The van der Waals surface area contributed by atoms with Gasteiger partial charge in [-0.3, -0.25) is 4.79 Å². The highest BCUT2D eigenvalue weighted by atomic mass is 19.1. The van der Waals surface area contributed by atoms with Crippen LogP contribution in [0.4, 0.5) is 8.78 Å². The SMILES string of the molecule is CCc1ccc(F)c(C2=NC(=O)c3c(-c4cc(C)ccc4F)[nH]c(O)c32)c1. The van der Waals surface area contributed by atoms with Crippen molar-refractivity contribution in [1.82, 2.24) is 4.98 Å². The van der Waals surface area contributed by atoms with Crippen molar-refractivity contribution in [3.8, 4) is 17.1 Å². The molecule has 1 amide bonds. The second-order valence-corrected chi connectivity index (χ2v) is 6.52. The van der Waals surface area contributed by atoms with Gasteiger partial charge in [0.2, 0.25) is 0 Å². The molecule has 136 valence electrons. The third-order valence-electron chi connectivity index (χ3n) is 4.73. The van der Waals surface area contributed by atoms with Crippen LogP contribution in [0.2, 0.25) is 0 Å². The molecule has 0 atom stereocenters. The molecule has 27 heavy (non-hydrogen) atoms. The summed E-state index contributed by atoms with van der Waals surface area (Å²) in [6.45, 7) is 3.72. The third kappa shape index (κ3) is 2.65. The van der Waals surface area contributed by atoms with Crippen LogP contribution in [-0.2, 0) is 6.42 Å². The summed E-state index contributed by atoms with van der Waals surface area (Å²) in [6.07, 6.45) is 0.681. The van der Waals surface area contributed by atoms with E-state index < -0.39 is 17.5 Å². The first-order valence-electron chi connectivity index (χ1n) is 8.54. The van der Waals surface area contributed by atoms with Gasteiger partial charge < -0.3 is 10.1 Å². The van der Waals surface area contributed by atoms with Crippen molar-refractivity contribution in [3.63, 3.8) is 0 Å². The van der Waals surface area contributed by atoms with Crippen LogP contribution in [0.25, 0.3) is 11.3 Å². The number of aryl methyl sites for hydroxylation is 2. The molecule has 0 radical (unpaired) electrons. The molecular weight excluding hydrogens is 350 g/mol. The number of fused-ring (bicyclic) bond motifs is 1. The molecule has 4 nitrogen and oxygen atoms in total. The molecule has 1 aliphatic rings. The van der Waals surface area contributed by atoms with Gasteiger partial charge >= 0.3 is 0 Å². The zero-order chi connectivity index (χ0) is 19.3. The lowest BCUT2D eigenvalue weighted by Crippen LogP contribution is -2.04. The first kappa shape index (κ1) is 17.1. The van der Waals surface area contributed by atoms with Crippen LogP contribution < -0.4 is 0 Å². The standard InChI is InChI=1S/C21H16F2N2O2/c1-3-11-5-7-15(23)13(9-11)19-17-16(20(26)25-19)18(24-21(17)27)12-8-10(2)4-6-14(12)22/h4-9,24,27H,3H2,1-2H3. The summed E-state index contributed by atoms with van der Waals surface area (Å²) in [5, 5.41) is 10.4. The quantitative estimate of drug-likeness (QED) is 0.715. The Hall–Kier alpha value is -3.28. The first-order valence-corrected chi connectivity index (χ1v) is 8.54. The van der Waals surface area contributed by atoms with Gasteiger partial charge in [0.25, 0.3) is 5.91 Å². The number of aromatic hydroxyl groups is 1. The molecule has 0 aliphatic carbocycles. The van der Waals surface area contributed by atoms with Crippen molar-refractivity contribution < 1.29 is 18.7 Å². The van der Waals surface area contributed by atoms with E-state index in [4.69, 9.17) is 0 Å². The van der Waals surface area contributed by atoms with Crippen molar-refractivity contribution in [2.24, 2.45) is 4.99 Å². The molecule has 3 aromatic rings. The first-order chi connectivity index (χ1) is 12.9. The number of halogens is 2. The van der Waals surface area contributed by atoms with E-state index in [1.54, 1.807) is 31.2 Å². The molecule has 1 aliphatic heterocycles. The monoisotopic (exact) mass is 366 g/mol. The Bertz CT molecular complexity index is 1130. The van der Waals surface area contributed by atoms with Crippen molar-refractivity contribution in [2.45, 2.75) is 20.3 Å². The van der Waals surface area contributed by atoms with Gasteiger partial charge in [0.15, 0.2) is 5.88 Å². The zero-order valence-corrected chi connectivity index (χ0v) is 14.7. The largest absolute Gasteiger partial charge is 0.494 e. The molecule has 2 heterocycles. The predicted octanol–water partition coefficient (Wildman–Crippen LogP) is 4.53. The fraction of sp³-hybridized carbons (Fsp3) is 0.143. The zero-order valence-electron chi connectivity index (χ0n) is 14.7. The van der Waals surface area contributed by atoms with Gasteiger partial charge in [0, 0.05) is 11.1 Å². The Morgan fingerprint density at radius 1 is 1.04 bits per heavy atom. The Labute approximate surface area is 154 Å². The maximum atomic E-state index is 14.4. The number of hydrogen-bond donors (Lipinski definition) is 2. The molecule has 0 spiro atoms. The molecule has 0 saturated heterocycles. The number of H-pyrrole nitrogens is 1. The average Bonchev–Trinajstić information content (AvgIpc) is 3.16. The molecule has 0 bridgehead atoms. The normalized spacial score (nSPS) is 13.0. The van der Waals surface area contributed by atoms with Crippen LogP contribution in [0.1, 0.15) is 39.5 Å². The van der Waals surface area contributed by atoms with E-state index in [0.29, 0.717) is 6.42 Å². The molecule has 0 saturated carbocycles. The Balaban J connectivity index is 1.93. The number of hydrogen-bond acceptors (Lipinski definition) is 2. The molecule has 6 heteroatoms. The van der Waals surface area contributed by atoms with E-state index in [0.717, 1.165) is 11.1 Å². The highest BCUT2D eigenvalue weighted by Gasteiger charge is 2.35. The molecule has 2 N–H and O–H groups in total. The van der Waals surface area contributed by atoms with E-state index in [-0.39, 0.29) is 39.5 Å². The number of carbonyl (C=O) groups is 1. The summed E-state index contributed by atoms with van der Waals surface area (Å²) in [5.41, 5.74) is 2.29. The van der Waals surface area contributed by atoms with E-state index in [2.05, 4.69) is 9.98 Å². The van der Waals surface area contributed by atoms with E-state index in [1.165, 1.54) is 12.1 Å². The summed E-state index contributed by atoms with van der Waals surface area (Å²) < 4.78 is 28.7. The summed E-state index contributed by atoms with van der Waals surface area (Å²) in [7, 11) is 0. The van der Waals surface area contributed by atoms with Crippen molar-refractivity contribution >= 4 is 11.6 Å². The van der Waals surface area contributed by atoms with E-state index in [9.17, 15) is 18.7 Å². The highest BCUT2D eigenvalue weighted by molar-refractivity contribution is 6.30. The number of aliphatic imine (C=N–C) groups is 1. The number of nitrogens with zero attached hydrogens (tertiary/aromatic N) is 1. The van der Waals surface area contributed by atoms with Crippen LogP contribution in [0.5, 0.6) is 5.88 Å². The lowest BCUT2D eigenvalue weighted by atomic mass is 9.97. The van der Waals surface area contributed by atoms with Gasteiger partial charge in [-0.05, 0) is 43.2 Å². The molecule has 2 aromatic carbocycles. The number of aromatic amines is 1. The van der Waals surface area contributed by atoms with Crippen LogP contribution in [0.15, 0.2) is 41.4 Å². The molecule has 0 unspecified atom stereocenters. The van der Waals surface area contributed by atoms with Crippen molar-refractivity contribution in [3.05, 3.63) is 75.8 Å². The van der Waals surface area contributed by atoms with Gasteiger partial charge in [0.1, 0.15) is 11.6 Å². The van der Waals surface area contributed by atoms with E-state index in [1.807, 2.05) is 6.92 Å². The predicted molar refractivity (Wildman–Crippen MR) is 98.3 cm³/mol. The Morgan fingerprint density at radius 3 is 2.48 bits per heavy atom. The van der Waals surface area contributed by atoms with Crippen LogP contribution in [0, 0.1) is 18.6 Å². The summed E-state index contributed by atoms with van der Waals surface area (Å²) in [6, 6.07) is 9.05. The van der Waals surface area contributed by atoms with Crippen LogP contribution >= 0.6 is 0 Å². The average molecular weight is 366 g/mol. The number of benzene rings is 2. The maximum Gasteiger partial charge on any atom is 0.280 e. The Kier molecular flexibility index (Phi) is 3.91. The number of rotatable bonds is 3. The number of nitrogens with one attached hydrogen (secondary N) is 1. The number of amides is 1. The van der Waals surface area contributed by atoms with Gasteiger partial charge in [-0.1, -0.05) is 24.6 Å². The van der Waals surface area contributed by atoms with Crippen molar-refractivity contribution in [1.29, 1.82) is 0 Å². The smallest absolute Gasteiger partial charge is 0.280 e. The Morgan fingerprint density at radius 2 is 1.74 bits per heavy atom. The lowest BCUT2D eigenvalue weighted by Gasteiger charge is -2.06. The van der Waals surface area contributed by atoms with Gasteiger partial charge in [-0.15, -0.1) is 0 Å². The number of aromatic nitrogens is 1. The minimum atomic E-state index is -0.645. The van der Waals surface area contributed by atoms with Crippen LogP contribution in [0.3, 0.4) is 0 Å². The summed E-state index contributed by atoms with van der Waals surface area (Å²) in [4.78, 5) is 19.2. The minimum absolute atomic E-state index is 0.0494. The fourth-order valence-electron chi connectivity index (χ4n) is 3.35. The van der Waals surface area contributed by atoms with Gasteiger partial charge in [-0.2, -0.15) is 0 Å². The second-order valence-electron chi connectivity index (χ2n) is 6.52. The molecule has 0 fully saturated rings. The summed E-state index contributed by atoms with van der Waals surface area (Å²) in [5.74, 6) is -2.07. The van der Waals surface area contributed by atoms with Gasteiger partial charge in [-0.25, -0.2) is 13.8 Å². The lowest BCUT2D eigenvalue weighted by molar-refractivity contribution is 0.101. The third-order valence-corrected chi connectivity index (χ3v) is 4.73. The summed E-state index contributed by atoms with van der Waals surface area (Å²) >= 11 is 0. The van der Waals surface area contributed by atoms with Crippen molar-refractivity contribution in [2.75, 3.05) is 0 Å². The topological polar surface area (TPSA) is 65.5 Å². The minimum Gasteiger partial charge on any atom is -0.494 e. The molecule has 4 rings (SSSR count). The molecular formula is C21H16F2N2O2. The molecule has 1 aromatic heterocycles.